The molecule has 0 amide bonds. The minimum absolute atomic E-state index is 0.462. The fourth-order valence-corrected chi connectivity index (χ4v) is 2.67. The molecule has 2 rings (SSSR count). The molecule has 0 unspecified atom stereocenters. The lowest BCUT2D eigenvalue weighted by Crippen LogP contribution is -2.23. The summed E-state index contributed by atoms with van der Waals surface area (Å²) in [5.74, 6) is 0.859. The SMILES string of the molecule is FC(F)(F)c1ccc(SC[C@H]2CCCN2)nc1. The summed E-state index contributed by atoms with van der Waals surface area (Å²) in [5.41, 5.74) is -0.694. The highest BCUT2D eigenvalue weighted by Crippen LogP contribution is 2.29. The van der Waals surface area contributed by atoms with Crippen LogP contribution in [0.2, 0.25) is 0 Å². The molecular formula is C11H13F3N2S. The van der Waals surface area contributed by atoms with Crippen LogP contribution >= 0.6 is 11.8 Å². The van der Waals surface area contributed by atoms with Gasteiger partial charge in [0.2, 0.25) is 0 Å². The molecule has 0 spiro atoms. The lowest BCUT2D eigenvalue weighted by molar-refractivity contribution is -0.137. The van der Waals surface area contributed by atoms with Crippen LogP contribution in [0.4, 0.5) is 13.2 Å². The Balaban J connectivity index is 1.89. The first-order valence-electron chi connectivity index (χ1n) is 5.45. The molecular weight excluding hydrogens is 249 g/mol. The maximum Gasteiger partial charge on any atom is 0.417 e. The quantitative estimate of drug-likeness (QED) is 0.848. The largest absolute Gasteiger partial charge is 0.417 e. The third-order valence-electron chi connectivity index (χ3n) is 2.66. The number of nitrogens with zero attached hydrogens (tertiary/aromatic N) is 1. The molecule has 1 aromatic heterocycles. The number of aromatic nitrogens is 1. The number of thioether (sulfide) groups is 1. The monoisotopic (exact) mass is 262 g/mol. The van der Waals surface area contributed by atoms with Crippen molar-refractivity contribution in [1.82, 2.24) is 10.3 Å². The molecule has 0 bridgehead atoms. The van der Waals surface area contributed by atoms with E-state index in [1.807, 2.05) is 0 Å². The predicted molar refractivity (Wildman–Crippen MR) is 61.0 cm³/mol. The van der Waals surface area contributed by atoms with Gasteiger partial charge < -0.3 is 5.32 Å². The van der Waals surface area contributed by atoms with Gasteiger partial charge in [0.1, 0.15) is 0 Å². The summed E-state index contributed by atoms with van der Waals surface area (Å²) >= 11 is 1.50. The highest BCUT2D eigenvalue weighted by Gasteiger charge is 2.30. The number of nitrogens with one attached hydrogen (secondary N) is 1. The van der Waals surface area contributed by atoms with Crippen molar-refractivity contribution in [3.8, 4) is 0 Å². The molecule has 94 valence electrons. The van der Waals surface area contributed by atoms with Crippen molar-refractivity contribution in [2.24, 2.45) is 0 Å². The van der Waals surface area contributed by atoms with Crippen LogP contribution in [-0.2, 0) is 6.18 Å². The first kappa shape index (κ1) is 12.7. The van der Waals surface area contributed by atoms with Crippen molar-refractivity contribution in [1.29, 1.82) is 0 Å². The van der Waals surface area contributed by atoms with E-state index in [0.717, 1.165) is 31.0 Å². The summed E-state index contributed by atoms with van der Waals surface area (Å²) in [4.78, 5) is 3.82. The Morgan fingerprint density at radius 3 is 2.76 bits per heavy atom. The van der Waals surface area contributed by atoms with Crippen molar-refractivity contribution >= 4 is 11.8 Å². The van der Waals surface area contributed by atoms with Gasteiger partial charge in [-0.1, -0.05) is 0 Å². The lowest BCUT2D eigenvalue weighted by Gasteiger charge is -2.09. The fraction of sp³-hybridized carbons (Fsp3) is 0.545. The van der Waals surface area contributed by atoms with E-state index >= 15 is 0 Å². The van der Waals surface area contributed by atoms with Crippen LogP contribution in [0.25, 0.3) is 0 Å². The zero-order valence-corrected chi connectivity index (χ0v) is 9.94. The topological polar surface area (TPSA) is 24.9 Å². The van der Waals surface area contributed by atoms with Crippen molar-refractivity contribution in [3.05, 3.63) is 23.9 Å². The van der Waals surface area contributed by atoms with Gasteiger partial charge >= 0.3 is 6.18 Å². The molecule has 1 atom stereocenters. The Morgan fingerprint density at radius 2 is 2.24 bits per heavy atom. The molecule has 1 saturated heterocycles. The van der Waals surface area contributed by atoms with Gasteiger partial charge in [-0.05, 0) is 31.5 Å². The van der Waals surface area contributed by atoms with Gasteiger partial charge in [0.15, 0.2) is 0 Å². The van der Waals surface area contributed by atoms with Gasteiger partial charge in [0.25, 0.3) is 0 Å². The molecule has 1 aliphatic heterocycles. The van der Waals surface area contributed by atoms with Crippen molar-refractivity contribution in [2.75, 3.05) is 12.3 Å². The molecule has 1 fully saturated rings. The highest BCUT2D eigenvalue weighted by atomic mass is 32.2. The number of rotatable bonds is 3. The summed E-state index contributed by atoms with van der Waals surface area (Å²) in [7, 11) is 0. The zero-order chi connectivity index (χ0) is 12.3. The van der Waals surface area contributed by atoms with Crippen molar-refractivity contribution in [3.63, 3.8) is 0 Å². The molecule has 0 aromatic carbocycles. The van der Waals surface area contributed by atoms with Gasteiger partial charge in [0.05, 0.1) is 10.6 Å². The number of hydrogen-bond donors (Lipinski definition) is 1. The van der Waals surface area contributed by atoms with Crippen LogP contribution in [0, 0.1) is 0 Å². The molecule has 0 aliphatic carbocycles. The Hall–Kier alpha value is -0.750. The van der Waals surface area contributed by atoms with E-state index in [9.17, 15) is 13.2 Å². The molecule has 6 heteroatoms. The van der Waals surface area contributed by atoms with Crippen LogP contribution in [0.1, 0.15) is 18.4 Å². The Morgan fingerprint density at radius 1 is 1.41 bits per heavy atom. The van der Waals surface area contributed by atoms with E-state index in [1.165, 1.54) is 24.2 Å². The molecule has 2 nitrogen and oxygen atoms in total. The highest BCUT2D eigenvalue weighted by molar-refractivity contribution is 7.99. The molecule has 2 heterocycles. The van der Waals surface area contributed by atoms with Crippen LogP contribution < -0.4 is 5.32 Å². The number of pyridine rings is 1. The minimum Gasteiger partial charge on any atom is -0.313 e. The van der Waals surface area contributed by atoms with Gasteiger partial charge in [-0.25, -0.2) is 4.98 Å². The molecule has 1 aliphatic rings. The second-order valence-corrected chi connectivity index (χ2v) is 5.03. The Labute approximate surface area is 102 Å². The van der Waals surface area contributed by atoms with Gasteiger partial charge in [-0.2, -0.15) is 13.2 Å². The lowest BCUT2D eigenvalue weighted by atomic mass is 10.3. The predicted octanol–water partition coefficient (Wildman–Crippen LogP) is 2.94. The number of alkyl halides is 3. The van der Waals surface area contributed by atoms with Crippen LogP contribution in [-0.4, -0.2) is 23.3 Å². The van der Waals surface area contributed by atoms with Crippen LogP contribution in [0.15, 0.2) is 23.4 Å². The van der Waals surface area contributed by atoms with Crippen molar-refractivity contribution in [2.45, 2.75) is 30.1 Å². The molecule has 0 radical (unpaired) electrons. The maximum absolute atomic E-state index is 12.3. The Kier molecular flexibility index (Phi) is 3.93. The van der Waals surface area contributed by atoms with E-state index in [2.05, 4.69) is 10.3 Å². The first-order chi connectivity index (χ1) is 8.05. The van der Waals surface area contributed by atoms with Gasteiger partial charge in [-0.3, -0.25) is 0 Å². The maximum atomic E-state index is 12.3. The Bertz CT molecular complexity index is 358. The standard InChI is InChI=1S/C11H13F3N2S/c12-11(13,14)8-3-4-10(16-6-8)17-7-9-2-1-5-15-9/h3-4,6,9,15H,1-2,5,7H2/t9-/m1/s1. The first-order valence-corrected chi connectivity index (χ1v) is 6.44. The summed E-state index contributed by atoms with van der Waals surface area (Å²) in [6.45, 7) is 1.03. The summed E-state index contributed by atoms with van der Waals surface area (Å²) in [6.07, 6.45) is -1.10. The van der Waals surface area contributed by atoms with Crippen molar-refractivity contribution < 1.29 is 13.2 Å². The van der Waals surface area contributed by atoms with E-state index in [-0.39, 0.29) is 0 Å². The third-order valence-corrected chi connectivity index (χ3v) is 3.76. The third kappa shape index (κ3) is 3.61. The summed E-state index contributed by atoms with van der Waals surface area (Å²) < 4.78 is 36.9. The van der Waals surface area contributed by atoms with Gasteiger partial charge in [-0.15, -0.1) is 11.8 Å². The molecule has 1 aromatic rings. The van der Waals surface area contributed by atoms with Crippen LogP contribution in [0.3, 0.4) is 0 Å². The summed E-state index contributed by atoms with van der Waals surface area (Å²) in [6, 6.07) is 2.98. The smallest absolute Gasteiger partial charge is 0.313 e. The minimum atomic E-state index is -4.30. The number of hydrogen-bond acceptors (Lipinski definition) is 3. The van der Waals surface area contributed by atoms with E-state index in [1.54, 1.807) is 0 Å². The second-order valence-electron chi connectivity index (χ2n) is 3.99. The van der Waals surface area contributed by atoms with Crippen LogP contribution in [0.5, 0.6) is 0 Å². The second kappa shape index (κ2) is 5.27. The van der Waals surface area contributed by atoms with E-state index in [4.69, 9.17) is 0 Å². The average molecular weight is 262 g/mol. The molecule has 17 heavy (non-hydrogen) atoms. The molecule has 1 N–H and O–H groups in total. The number of halogens is 3. The summed E-state index contributed by atoms with van der Waals surface area (Å²) in [5, 5.41) is 3.98. The zero-order valence-electron chi connectivity index (χ0n) is 9.13. The average Bonchev–Trinajstić information content (AvgIpc) is 2.78. The van der Waals surface area contributed by atoms with E-state index in [0.29, 0.717) is 11.1 Å². The van der Waals surface area contributed by atoms with E-state index < -0.39 is 11.7 Å². The fourth-order valence-electron chi connectivity index (χ4n) is 1.72. The molecule has 0 saturated carbocycles. The normalized spacial score (nSPS) is 20.8. The van der Waals surface area contributed by atoms with Gasteiger partial charge in [0, 0.05) is 18.0 Å².